The van der Waals surface area contributed by atoms with Crippen molar-refractivity contribution in [3.8, 4) is 0 Å². The van der Waals surface area contributed by atoms with Crippen LogP contribution in [0, 0.1) is 0 Å². The lowest BCUT2D eigenvalue weighted by molar-refractivity contribution is 0.176. The standard InChI is InChI=1S/C9H14N2O/c12-11-6-2-4-9(11)7-8-3-1-5-10-8/h2,4,6,8,10,12H,1,3,5,7H2. The molecule has 0 bridgehead atoms. The van der Waals surface area contributed by atoms with Gasteiger partial charge < -0.3 is 10.5 Å². The molecule has 0 amide bonds. The summed E-state index contributed by atoms with van der Waals surface area (Å²) in [4.78, 5) is 0. The lowest BCUT2D eigenvalue weighted by atomic mass is 10.1. The van der Waals surface area contributed by atoms with Crippen molar-refractivity contribution >= 4 is 0 Å². The number of aromatic nitrogens is 1. The van der Waals surface area contributed by atoms with Gasteiger partial charge in [-0.3, -0.25) is 0 Å². The van der Waals surface area contributed by atoms with Crippen molar-refractivity contribution in [2.45, 2.75) is 25.3 Å². The van der Waals surface area contributed by atoms with Crippen molar-refractivity contribution in [1.29, 1.82) is 0 Å². The van der Waals surface area contributed by atoms with E-state index in [1.54, 1.807) is 6.20 Å². The summed E-state index contributed by atoms with van der Waals surface area (Å²) in [5.74, 6) is 0. The number of nitrogens with one attached hydrogen (secondary N) is 1. The van der Waals surface area contributed by atoms with Crippen LogP contribution >= 0.6 is 0 Å². The first-order chi connectivity index (χ1) is 5.86. The molecule has 0 saturated carbocycles. The Morgan fingerprint density at radius 2 is 2.58 bits per heavy atom. The Morgan fingerprint density at radius 3 is 3.17 bits per heavy atom. The van der Waals surface area contributed by atoms with Gasteiger partial charge >= 0.3 is 0 Å². The maximum atomic E-state index is 9.30. The molecule has 2 rings (SSSR count). The fourth-order valence-corrected chi connectivity index (χ4v) is 1.75. The van der Waals surface area contributed by atoms with E-state index in [0.29, 0.717) is 6.04 Å². The van der Waals surface area contributed by atoms with E-state index in [1.165, 1.54) is 17.6 Å². The number of rotatable bonds is 2. The second kappa shape index (κ2) is 3.19. The van der Waals surface area contributed by atoms with Gasteiger partial charge in [-0.05, 0) is 31.5 Å². The van der Waals surface area contributed by atoms with E-state index in [4.69, 9.17) is 0 Å². The van der Waals surface area contributed by atoms with Crippen LogP contribution in [0.4, 0.5) is 0 Å². The minimum absolute atomic E-state index is 0.561. The Bertz CT molecular complexity index is 251. The summed E-state index contributed by atoms with van der Waals surface area (Å²) in [6.07, 6.45) is 5.09. The lowest BCUT2D eigenvalue weighted by Gasteiger charge is -2.09. The molecule has 3 nitrogen and oxygen atoms in total. The van der Waals surface area contributed by atoms with Gasteiger partial charge in [0.15, 0.2) is 0 Å². The SMILES string of the molecule is On1cccc1CC1CCCN1. The van der Waals surface area contributed by atoms with Crippen LogP contribution in [0.25, 0.3) is 0 Å². The Morgan fingerprint density at radius 1 is 1.67 bits per heavy atom. The molecule has 12 heavy (non-hydrogen) atoms. The molecule has 1 fully saturated rings. The quantitative estimate of drug-likeness (QED) is 0.644. The third kappa shape index (κ3) is 1.46. The minimum atomic E-state index is 0.561. The van der Waals surface area contributed by atoms with Crippen LogP contribution in [0.2, 0.25) is 0 Å². The molecule has 1 aliphatic rings. The van der Waals surface area contributed by atoms with Gasteiger partial charge in [0.1, 0.15) is 0 Å². The Labute approximate surface area is 72.0 Å². The predicted molar refractivity (Wildman–Crippen MR) is 46.3 cm³/mol. The average Bonchev–Trinajstić information content (AvgIpc) is 2.65. The van der Waals surface area contributed by atoms with E-state index in [1.807, 2.05) is 12.1 Å². The van der Waals surface area contributed by atoms with Gasteiger partial charge in [-0.25, -0.2) is 0 Å². The molecule has 0 aliphatic carbocycles. The van der Waals surface area contributed by atoms with Crippen molar-refractivity contribution in [1.82, 2.24) is 10.0 Å². The average molecular weight is 166 g/mol. The molecule has 1 aromatic rings. The third-order valence-electron chi connectivity index (χ3n) is 2.43. The molecule has 0 radical (unpaired) electrons. The lowest BCUT2D eigenvalue weighted by Crippen LogP contribution is -2.24. The summed E-state index contributed by atoms with van der Waals surface area (Å²) in [7, 11) is 0. The highest BCUT2D eigenvalue weighted by molar-refractivity contribution is 5.07. The van der Waals surface area contributed by atoms with Gasteiger partial charge in [0, 0.05) is 18.7 Å². The van der Waals surface area contributed by atoms with E-state index in [0.717, 1.165) is 18.7 Å². The molecule has 2 heterocycles. The van der Waals surface area contributed by atoms with Crippen LogP contribution in [-0.4, -0.2) is 22.5 Å². The fourth-order valence-electron chi connectivity index (χ4n) is 1.75. The van der Waals surface area contributed by atoms with Gasteiger partial charge in [-0.1, -0.05) is 0 Å². The first kappa shape index (κ1) is 7.68. The van der Waals surface area contributed by atoms with Crippen LogP contribution in [0.1, 0.15) is 18.5 Å². The second-order valence-corrected chi connectivity index (χ2v) is 3.34. The largest absolute Gasteiger partial charge is 0.429 e. The first-order valence-corrected chi connectivity index (χ1v) is 4.45. The van der Waals surface area contributed by atoms with Crippen LogP contribution in [-0.2, 0) is 6.42 Å². The van der Waals surface area contributed by atoms with Gasteiger partial charge in [-0.2, -0.15) is 4.73 Å². The molecule has 0 aromatic carbocycles. The molecule has 0 spiro atoms. The normalized spacial score (nSPS) is 23.2. The smallest absolute Gasteiger partial charge is 0.0582 e. The third-order valence-corrected chi connectivity index (χ3v) is 2.43. The summed E-state index contributed by atoms with van der Waals surface area (Å²) in [5.41, 5.74) is 0.995. The molecule has 1 aromatic heterocycles. The van der Waals surface area contributed by atoms with E-state index < -0.39 is 0 Å². The molecule has 1 aliphatic heterocycles. The van der Waals surface area contributed by atoms with Crippen molar-refractivity contribution < 1.29 is 5.21 Å². The van der Waals surface area contributed by atoms with E-state index in [9.17, 15) is 5.21 Å². The minimum Gasteiger partial charge on any atom is -0.429 e. The van der Waals surface area contributed by atoms with Crippen molar-refractivity contribution in [2.24, 2.45) is 0 Å². The highest BCUT2D eigenvalue weighted by Crippen LogP contribution is 2.11. The van der Waals surface area contributed by atoms with Gasteiger partial charge in [-0.15, -0.1) is 0 Å². The zero-order valence-corrected chi connectivity index (χ0v) is 7.03. The summed E-state index contributed by atoms with van der Waals surface area (Å²) in [6.45, 7) is 1.12. The van der Waals surface area contributed by atoms with E-state index >= 15 is 0 Å². The maximum Gasteiger partial charge on any atom is 0.0582 e. The first-order valence-electron chi connectivity index (χ1n) is 4.45. The number of hydrogen-bond donors (Lipinski definition) is 2. The monoisotopic (exact) mass is 166 g/mol. The van der Waals surface area contributed by atoms with Gasteiger partial charge in [0.05, 0.1) is 5.69 Å². The zero-order valence-electron chi connectivity index (χ0n) is 7.03. The molecule has 66 valence electrons. The van der Waals surface area contributed by atoms with E-state index in [-0.39, 0.29) is 0 Å². The summed E-state index contributed by atoms with van der Waals surface area (Å²) >= 11 is 0. The van der Waals surface area contributed by atoms with Gasteiger partial charge in [0.25, 0.3) is 0 Å². The Kier molecular flexibility index (Phi) is 2.04. The van der Waals surface area contributed by atoms with Crippen LogP contribution in [0.3, 0.4) is 0 Å². The van der Waals surface area contributed by atoms with E-state index in [2.05, 4.69) is 5.32 Å². The van der Waals surface area contributed by atoms with Crippen molar-refractivity contribution in [2.75, 3.05) is 6.54 Å². The van der Waals surface area contributed by atoms with Crippen LogP contribution in [0.15, 0.2) is 18.3 Å². The summed E-state index contributed by atoms with van der Waals surface area (Å²) in [5, 5.41) is 12.7. The van der Waals surface area contributed by atoms with Crippen LogP contribution in [0.5, 0.6) is 0 Å². The maximum absolute atomic E-state index is 9.30. The summed E-state index contributed by atoms with van der Waals surface area (Å²) < 4.78 is 1.21. The molecular weight excluding hydrogens is 152 g/mol. The topological polar surface area (TPSA) is 37.2 Å². The van der Waals surface area contributed by atoms with Crippen molar-refractivity contribution in [3.05, 3.63) is 24.0 Å². The predicted octanol–water partition coefficient (Wildman–Crippen LogP) is 1.02. The molecule has 1 atom stereocenters. The molecule has 1 saturated heterocycles. The van der Waals surface area contributed by atoms with Gasteiger partial charge in [0.2, 0.25) is 0 Å². The summed E-state index contributed by atoms with van der Waals surface area (Å²) in [6, 6.07) is 4.38. The molecule has 1 unspecified atom stereocenters. The zero-order chi connectivity index (χ0) is 8.39. The fraction of sp³-hybridized carbons (Fsp3) is 0.556. The van der Waals surface area contributed by atoms with Crippen molar-refractivity contribution in [3.63, 3.8) is 0 Å². The highest BCUT2D eigenvalue weighted by atomic mass is 16.5. The second-order valence-electron chi connectivity index (χ2n) is 3.34. The highest BCUT2D eigenvalue weighted by Gasteiger charge is 2.15. The molecular formula is C9H14N2O. The Balaban J connectivity index is 1.98. The molecule has 3 heteroatoms. The van der Waals surface area contributed by atoms with Crippen LogP contribution < -0.4 is 5.32 Å². The molecule has 2 N–H and O–H groups in total. The number of nitrogens with zero attached hydrogens (tertiary/aromatic N) is 1. The Hall–Kier alpha value is -0.960. The number of hydrogen-bond acceptors (Lipinski definition) is 2.